The van der Waals surface area contributed by atoms with E-state index in [9.17, 15) is 0 Å². The predicted octanol–water partition coefficient (Wildman–Crippen LogP) is 4.86. The Bertz CT molecular complexity index is 1430. The Morgan fingerprint density at radius 2 is 1.63 bits per heavy atom. The fraction of sp³-hybridized carbons (Fsp3) is 0.185. The van der Waals surface area contributed by atoms with Gasteiger partial charge in [0.2, 0.25) is 5.95 Å². The van der Waals surface area contributed by atoms with Crippen molar-refractivity contribution in [2.45, 2.75) is 12.1 Å². The van der Waals surface area contributed by atoms with Crippen LogP contribution in [0.25, 0.3) is 5.70 Å². The van der Waals surface area contributed by atoms with Gasteiger partial charge in [-0.05, 0) is 42.0 Å². The van der Waals surface area contributed by atoms with Crippen LogP contribution in [0.1, 0.15) is 28.8 Å². The Balaban J connectivity index is 1.59. The number of hydrogen-bond donors (Lipinski definition) is 1. The first-order chi connectivity index (χ1) is 17.2. The lowest BCUT2D eigenvalue weighted by Crippen LogP contribution is -2.32. The molecule has 4 aromatic rings. The number of anilines is 1. The molecule has 35 heavy (non-hydrogen) atoms. The zero-order valence-corrected chi connectivity index (χ0v) is 19.6. The zero-order valence-electron chi connectivity index (χ0n) is 19.6. The van der Waals surface area contributed by atoms with Crippen molar-refractivity contribution in [1.29, 1.82) is 0 Å². The maximum Gasteiger partial charge on any atom is 0.226 e. The van der Waals surface area contributed by atoms with Crippen LogP contribution < -0.4 is 24.3 Å². The first-order valence-corrected chi connectivity index (χ1v) is 11.2. The lowest BCUT2D eigenvalue weighted by molar-refractivity contribution is 0.222. The molecule has 8 nitrogen and oxygen atoms in total. The molecule has 0 spiro atoms. The first kappa shape index (κ1) is 21.1. The summed E-state index contributed by atoms with van der Waals surface area (Å²) in [7, 11) is 4.92. The Labute approximate surface area is 202 Å². The van der Waals surface area contributed by atoms with Crippen LogP contribution in [0.5, 0.6) is 23.0 Å². The van der Waals surface area contributed by atoms with Crippen LogP contribution in [0.15, 0.2) is 78.6 Å². The van der Waals surface area contributed by atoms with E-state index in [2.05, 4.69) is 33.6 Å². The minimum atomic E-state index is -0.406. The lowest BCUT2D eigenvalue weighted by atomic mass is 9.84. The van der Waals surface area contributed by atoms with E-state index in [4.69, 9.17) is 18.9 Å². The van der Waals surface area contributed by atoms with E-state index < -0.39 is 6.10 Å². The molecule has 2 aliphatic heterocycles. The fourth-order valence-corrected chi connectivity index (χ4v) is 4.82. The molecule has 6 rings (SSSR count). The first-order valence-electron chi connectivity index (χ1n) is 11.2. The molecule has 0 fully saturated rings. The van der Waals surface area contributed by atoms with Crippen molar-refractivity contribution in [2.75, 3.05) is 26.6 Å². The molecule has 2 atom stereocenters. The van der Waals surface area contributed by atoms with Gasteiger partial charge in [0, 0.05) is 16.7 Å². The average molecular weight is 469 g/mol. The standard InChI is InChI=1S/C27H24N4O4/c1-32-18-11-8-16(9-12-18)25-23-24(30-27-28-15-29-31(25)27)19-6-4-5-7-20(19)35-26(23)17-10-13-21(33-2)22(14-17)34-3/h4-15,25-26H,1-3H3,(H,28,29,30)/t25-,26+/m0/s1. The Morgan fingerprint density at radius 1 is 0.857 bits per heavy atom. The van der Waals surface area contributed by atoms with Gasteiger partial charge in [-0.15, -0.1) is 0 Å². The van der Waals surface area contributed by atoms with E-state index in [-0.39, 0.29) is 6.04 Å². The van der Waals surface area contributed by atoms with Crippen molar-refractivity contribution in [2.24, 2.45) is 0 Å². The number of nitrogens with zero attached hydrogens (tertiary/aromatic N) is 3. The molecular weight excluding hydrogens is 444 g/mol. The molecule has 176 valence electrons. The van der Waals surface area contributed by atoms with E-state index in [0.717, 1.165) is 39.5 Å². The summed E-state index contributed by atoms with van der Waals surface area (Å²) in [6.45, 7) is 0. The Hall–Kier alpha value is -4.46. The molecule has 0 unspecified atom stereocenters. The number of nitrogens with one attached hydrogen (secondary N) is 1. The van der Waals surface area contributed by atoms with Crippen LogP contribution in [0.3, 0.4) is 0 Å². The second-order valence-electron chi connectivity index (χ2n) is 8.27. The van der Waals surface area contributed by atoms with Gasteiger partial charge >= 0.3 is 0 Å². The molecule has 0 amide bonds. The number of rotatable bonds is 5. The molecule has 0 radical (unpaired) electrons. The van der Waals surface area contributed by atoms with Gasteiger partial charge in [0.25, 0.3) is 0 Å². The molecule has 0 bridgehead atoms. The van der Waals surface area contributed by atoms with Gasteiger partial charge in [-0.25, -0.2) is 4.68 Å². The predicted molar refractivity (Wildman–Crippen MR) is 131 cm³/mol. The SMILES string of the molecule is COc1ccc([C@H]2C3=C(Nc4ncnn42)c2ccccc2O[C@@H]3c2ccc(OC)c(OC)c2)cc1. The molecular formula is C27H24N4O4. The van der Waals surface area contributed by atoms with E-state index in [1.165, 1.54) is 0 Å². The van der Waals surface area contributed by atoms with E-state index in [1.54, 1.807) is 27.7 Å². The topological polar surface area (TPSA) is 79.7 Å². The number of methoxy groups -OCH3 is 3. The normalized spacial score (nSPS) is 17.9. The summed E-state index contributed by atoms with van der Waals surface area (Å²) in [6.07, 6.45) is 1.16. The van der Waals surface area contributed by atoms with Gasteiger partial charge in [0.1, 0.15) is 30.0 Å². The molecule has 8 heteroatoms. The number of hydrogen-bond acceptors (Lipinski definition) is 7. The molecule has 1 N–H and O–H groups in total. The van der Waals surface area contributed by atoms with Crippen LogP contribution in [0.4, 0.5) is 5.95 Å². The van der Waals surface area contributed by atoms with Crippen LogP contribution in [0, 0.1) is 0 Å². The van der Waals surface area contributed by atoms with Gasteiger partial charge in [-0.2, -0.15) is 10.1 Å². The summed E-state index contributed by atoms with van der Waals surface area (Å²) in [5.41, 5.74) is 4.95. The molecule has 3 heterocycles. The third-order valence-corrected chi connectivity index (χ3v) is 6.46. The third kappa shape index (κ3) is 3.37. The number of aromatic nitrogens is 3. The summed E-state index contributed by atoms with van der Waals surface area (Å²) in [5.74, 6) is 3.55. The van der Waals surface area contributed by atoms with Gasteiger partial charge < -0.3 is 24.3 Å². The molecule has 2 aliphatic rings. The average Bonchev–Trinajstić information content (AvgIpc) is 3.39. The van der Waals surface area contributed by atoms with E-state index in [1.807, 2.05) is 53.2 Å². The summed E-state index contributed by atoms with van der Waals surface area (Å²) in [5, 5.41) is 8.09. The van der Waals surface area contributed by atoms with Crippen LogP contribution in [-0.4, -0.2) is 36.1 Å². The van der Waals surface area contributed by atoms with Crippen molar-refractivity contribution >= 4 is 11.6 Å². The second-order valence-corrected chi connectivity index (χ2v) is 8.27. The highest BCUT2D eigenvalue weighted by Crippen LogP contribution is 2.51. The second kappa shape index (κ2) is 8.39. The highest BCUT2D eigenvalue weighted by atomic mass is 16.5. The third-order valence-electron chi connectivity index (χ3n) is 6.46. The van der Waals surface area contributed by atoms with E-state index >= 15 is 0 Å². The van der Waals surface area contributed by atoms with Crippen LogP contribution in [-0.2, 0) is 0 Å². The van der Waals surface area contributed by atoms with Gasteiger partial charge in [0.05, 0.1) is 27.0 Å². The monoisotopic (exact) mass is 468 g/mol. The maximum absolute atomic E-state index is 6.67. The van der Waals surface area contributed by atoms with Crippen molar-refractivity contribution in [1.82, 2.24) is 14.8 Å². The quantitative estimate of drug-likeness (QED) is 0.448. The summed E-state index contributed by atoms with van der Waals surface area (Å²) in [6, 6.07) is 21.7. The summed E-state index contributed by atoms with van der Waals surface area (Å²) in [4.78, 5) is 4.48. The van der Waals surface area contributed by atoms with E-state index in [0.29, 0.717) is 17.4 Å². The maximum atomic E-state index is 6.67. The van der Waals surface area contributed by atoms with Crippen LogP contribution >= 0.6 is 0 Å². The largest absolute Gasteiger partial charge is 0.497 e. The molecule has 0 aliphatic carbocycles. The number of benzene rings is 3. The zero-order chi connectivity index (χ0) is 23.9. The highest BCUT2D eigenvalue weighted by Gasteiger charge is 2.41. The minimum Gasteiger partial charge on any atom is -0.497 e. The van der Waals surface area contributed by atoms with Crippen molar-refractivity contribution in [3.8, 4) is 23.0 Å². The molecule has 0 saturated carbocycles. The molecule has 1 aromatic heterocycles. The highest BCUT2D eigenvalue weighted by molar-refractivity contribution is 5.85. The smallest absolute Gasteiger partial charge is 0.226 e. The van der Waals surface area contributed by atoms with Crippen LogP contribution in [0.2, 0.25) is 0 Å². The minimum absolute atomic E-state index is 0.249. The number of fused-ring (bicyclic) bond motifs is 3. The van der Waals surface area contributed by atoms with Gasteiger partial charge in [0.15, 0.2) is 11.5 Å². The van der Waals surface area contributed by atoms with Gasteiger partial charge in [-0.3, -0.25) is 0 Å². The Morgan fingerprint density at radius 3 is 2.40 bits per heavy atom. The Kier molecular flexibility index (Phi) is 5.06. The van der Waals surface area contributed by atoms with Crippen molar-refractivity contribution < 1.29 is 18.9 Å². The molecule has 0 saturated heterocycles. The number of ether oxygens (including phenoxy) is 4. The number of para-hydroxylation sites is 1. The lowest BCUT2D eigenvalue weighted by Gasteiger charge is -2.39. The van der Waals surface area contributed by atoms with Gasteiger partial charge in [-0.1, -0.05) is 30.3 Å². The van der Waals surface area contributed by atoms with Crippen molar-refractivity contribution in [3.63, 3.8) is 0 Å². The molecule has 3 aromatic carbocycles. The summed E-state index contributed by atoms with van der Waals surface area (Å²) < 4.78 is 25.0. The summed E-state index contributed by atoms with van der Waals surface area (Å²) >= 11 is 0. The van der Waals surface area contributed by atoms with Crippen molar-refractivity contribution in [3.05, 3.63) is 95.3 Å². The fourth-order valence-electron chi connectivity index (χ4n) is 4.82.